The summed E-state index contributed by atoms with van der Waals surface area (Å²) >= 11 is 0. The molecule has 24 heavy (non-hydrogen) atoms. The molecule has 1 aliphatic heterocycles. The third-order valence-corrected chi connectivity index (χ3v) is 4.08. The van der Waals surface area contributed by atoms with Crippen molar-refractivity contribution in [1.29, 1.82) is 0 Å². The molecule has 1 aliphatic rings. The smallest absolute Gasteiger partial charge is 0.282 e. The number of para-hydroxylation sites is 1. The minimum absolute atomic E-state index is 0.0803. The highest BCUT2D eigenvalue weighted by atomic mass is 16.6. The number of hydrogen-bond acceptors (Lipinski definition) is 5. The molecule has 2 aromatic rings. The quantitative estimate of drug-likeness (QED) is 0.635. The standard InChI is InChI=1S/C17H18N2O5/c1-2-12-7-8-16(24-12)15-11-23-10-9-18(15)17(20)13-5-3-4-6-14(13)19(21)22/h3-8,15H,2,9-11H2,1H3/t15-/m0/s1. The van der Waals surface area contributed by atoms with Crippen molar-refractivity contribution in [2.24, 2.45) is 0 Å². The first kappa shape index (κ1) is 16.2. The van der Waals surface area contributed by atoms with Gasteiger partial charge in [0.05, 0.1) is 18.1 Å². The van der Waals surface area contributed by atoms with Crippen LogP contribution in [0.15, 0.2) is 40.8 Å². The minimum Gasteiger partial charge on any atom is -0.464 e. The Kier molecular flexibility index (Phi) is 4.61. The summed E-state index contributed by atoms with van der Waals surface area (Å²) in [5.74, 6) is 1.08. The van der Waals surface area contributed by atoms with Gasteiger partial charge in [0.15, 0.2) is 0 Å². The molecule has 0 aliphatic carbocycles. The van der Waals surface area contributed by atoms with Crippen LogP contribution >= 0.6 is 0 Å². The van der Waals surface area contributed by atoms with Gasteiger partial charge in [0, 0.05) is 19.0 Å². The number of hydrogen-bond donors (Lipinski definition) is 0. The van der Waals surface area contributed by atoms with Crippen LogP contribution in [0.1, 0.15) is 34.8 Å². The van der Waals surface area contributed by atoms with Gasteiger partial charge in [-0.3, -0.25) is 14.9 Å². The maximum atomic E-state index is 12.9. The molecule has 7 heteroatoms. The summed E-state index contributed by atoms with van der Waals surface area (Å²) in [6, 6.07) is 9.31. The number of nitrogens with zero attached hydrogens (tertiary/aromatic N) is 2. The molecular formula is C17H18N2O5. The molecule has 1 amide bonds. The number of nitro groups is 1. The largest absolute Gasteiger partial charge is 0.464 e. The minimum atomic E-state index is -0.537. The Morgan fingerprint density at radius 2 is 2.12 bits per heavy atom. The Morgan fingerprint density at radius 3 is 2.83 bits per heavy atom. The van der Waals surface area contributed by atoms with E-state index >= 15 is 0 Å². The molecular weight excluding hydrogens is 312 g/mol. The fraction of sp³-hybridized carbons (Fsp3) is 0.353. The molecule has 2 heterocycles. The number of benzene rings is 1. The number of nitro benzene ring substituents is 1. The van der Waals surface area contributed by atoms with Crippen LogP contribution in [0, 0.1) is 10.1 Å². The van der Waals surface area contributed by atoms with E-state index in [-0.39, 0.29) is 23.2 Å². The number of furan rings is 1. The Bertz CT molecular complexity index is 755. The molecule has 0 unspecified atom stereocenters. The van der Waals surface area contributed by atoms with Gasteiger partial charge in [-0.05, 0) is 18.2 Å². The SMILES string of the molecule is CCc1ccc([C@@H]2COCCN2C(=O)c2ccccc2[N+](=O)[O-])o1. The van der Waals surface area contributed by atoms with Crippen LogP contribution in [-0.4, -0.2) is 35.5 Å². The Labute approximate surface area is 139 Å². The summed E-state index contributed by atoms with van der Waals surface area (Å²) in [5, 5.41) is 11.2. The van der Waals surface area contributed by atoms with Crippen LogP contribution in [0.2, 0.25) is 0 Å². The predicted molar refractivity (Wildman–Crippen MR) is 85.8 cm³/mol. The maximum Gasteiger partial charge on any atom is 0.282 e. The molecule has 1 fully saturated rings. The zero-order valence-corrected chi connectivity index (χ0v) is 13.3. The van der Waals surface area contributed by atoms with E-state index in [1.54, 1.807) is 17.0 Å². The molecule has 7 nitrogen and oxygen atoms in total. The van der Waals surface area contributed by atoms with E-state index in [4.69, 9.17) is 9.15 Å². The van der Waals surface area contributed by atoms with Crippen molar-refractivity contribution in [2.45, 2.75) is 19.4 Å². The van der Waals surface area contributed by atoms with Crippen molar-refractivity contribution in [3.63, 3.8) is 0 Å². The molecule has 0 bridgehead atoms. The third-order valence-electron chi connectivity index (χ3n) is 4.08. The van der Waals surface area contributed by atoms with Crippen molar-refractivity contribution >= 4 is 11.6 Å². The fourth-order valence-corrected chi connectivity index (χ4v) is 2.81. The molecule has 0 saturated carbocycles. The van der Waals surface area contributed by atoms with E-state index in [1.807, 2.05) is 19.1 Å². The van der Waals surface area contributed by atoms with Gasteiger partial charge in [0.2, 0.25) is 0 Å². The van der Waals surface area contributed by atoms with Crippen LogP contribution in [0.4, 0.5) is 5.69 Å². The third kappa shape index (κ3) is 3.03. The number of carbonyl (C=O) groups is 1. The van der Waals surface area contributed by atoms with Crippen LogP contribution in [0.3, 0.4) is 0 Å². The highest BCUT2D eigenvalue weighted by molar-refractivity contribution is 5.98. The van der Waals surface area contributed by atoms with Gasteiger partial charge in [-0.2, -0.15) is 0 Å². The van der Waals surface area contributed by atoms with E-state index in [0.717, 1.165) is 12.2 Å². The van der Waals surface area contributed by atoms with Gasteiger partial charge in [-0.15, -0.1) is 0 Å². The second kappa shape index (κ2) is 6.84. The zero-order chi connectivity index (χ0) is 17.1. The van der Waals surface area contributed by atoms with Gasteiger partial charge in [-0.25, -0.2) is 0 Å². The average Bonchev–Trinajstić information content (AvgIpc) is 3.10. The lowest BCUT2D eigenvalue weighted by atomic mass is 10.1. The number of rotatable bonds is 4. The van der Waals surface area contributed by atoms with Gasteiger partial charge >= 0.3 is 0 Å². The van der Waals surface area contributed by atoms with Gasteiger partial charge in [-0.1, -0.05) is 19.1 Å². The van der Waals surface area contributed by atoms with Gasteiger partial charge in [0.1, 0.15) is 23.1 Å². The molecule has 3 rings (SSSR count). The first-order valence-electron chi connectivity index (χ1n) is 7.82. The number of carbonyl (C=O) groups excluding carboxylic acids is 1. The summed E-state index contributed by atoms with van der Waals surface area (Å²) in [5.41, 5.74) is -0.113. The first-order chi connectivity index (χ1) is 11.6. The maximum absolute atomic E-state index is 12.9. The Morgan fingerprint density at radius 1 is 1.33 bits per heavy atom. The van der Waals surface area contributed by atoms with E-state index in [2.05, 4.69) is 0 Å². The summed E-state index contributed by atoms with van der Waals surface area (Å²) in [6.07, 6.45) is 0.756. The van der Waals surface area contributed by atoms with Crippen LogP contribution in [-0.2, 0) is 11.2 Å². The van der Waals surface area contributed by atoms with Crippen LogP contribution in [0.5, 0.6) is 0 Å². The first-order valence-corrected chi connectivity index (χ1v) is 7.82. The molecule has 1 atom stereocenters. The predicted octanol–water partition coefficient (Wildman–Crippen LogP) is 2.96. The van der Waals surface area contributed by atoms with Crippen LogP contribution in [0.25, 0.3) is 0 Å². The average molecular weight is 330 g/mol. The molecule has 1 aromatic heterocycles. The van der Waals surface area contributed by atoms with E-state index in [9.17, 15) is 14.9 Å². The topological polar surface area (TPSA) is 85.8 Å². The lowest BCUT2D eigenvalue weighted by molar-refractivity contribution is -0.385. The highest BCUT2D eigenvalue weighted by Crippen LogP contribution is 2.29. The second-order valence-corrected chi connectivity index (χ2v) is 5.52. The van der Waals surface area contributed by atoms with Crippen LogP contribution < -0.4 is 0 Å². The number of ether oxygens (including phenoxy) is 1. The summed E-state index contributed by atoms with van der Waals surface area (Å²) in [4.78, 5) is 25.2. The lowest BCUT2D eigenvalue weighted by Crippen LogP contribution is -2.43. The molecule has 126 valence electrons. The number of amides is 1. The van der Waals surface area contributed by atoms with E-state index < -0.39 is 4.92 Å². The molecule has 1 saturated heterocycles. The van der Waals surface area contributed by atoms with E-state index in [0.29, 0.717) is 25.5 Å². The molecule has 0 N–H and O–H groups in total. The lowest BCUT2D eigenvalue weighted by Gasteiger charge is -2.34. The molecule has 0 spiro atoms. The van der Waals surface area contributed by atoms with Crippen molar-refractivity contribution in [2.75, 3.05) is 19.8 Å². The highest BCUT2D eigenvalue weighted by Gasteiger charge is 2.34. The summed E-state index contributed by atoms with van der Waals surface area (Å²) in [7, 11) is 0. The van der Waals surface area contributed by atoms with Crippen molar-refractivity contribution in [1.82, 2.24) is 4.90 Å². The monoisotopic (exact) mass is 330 g/mol. The zero-order valence-electron chi connectivity index (χ0n) is 13.3. The van der Waals surface area contributed by atoms with Gasteiger partial charge < -0.3 is 14.1 Å². The molecule has 1 aromatic carbocycles. The van der Waals surface area contributed by atoms with Crippen molar-refractivity contribution in [3.05, 3.63) is 63.6 Å². The van der Waals surface area contributed by atoms with E-state index in [1.165, 1.54) is 12.1 Å². The Balaban J connectivity index is 1.93. The summed E-state index contributed by atoms with van der Waals surface area (Å²) < 4.78 is 11.2. The summed E-state index contributed by atoms with van der Waals surface area (Å²) in [6.45, 7) is 3.04. The molecule has 0 radical (unpaired) electrons. The van der Waals surface area contributed by atoms with Gasteiger partial charge in [0.25, 0.3) is 11.6 Å². The normalized spacial score (nSPS) is 17.7. The Hall–Kier alpha value is -2.67. The number of aryl methyl sites for hydroxylation is 1. The van der Waals surface area contributed by atoms with Crippen molar-refractivity contribution in [3.8, 4) is 0 Å². The fourth-order valence-electron chi connectivity index (χ4n) is 2.81. The second-order valence-electron chi connectivity index (χ2n) is 5.52. The number of morpholine rings is 1. The van der Waals surface area contributed by atoms with Crippen molar-refractivity contribution < 1.29 is 18.9 Å².